The van der Waals surface area contributed by atoms with Crippen molar-refractivity contribution in [2.75, 3.05) is 19.9 Å². The van der Waals surface area contributed by atoms with Crippen molar-refractivity contribution in [3.63, 3.8) is 0 Å². The third-order valence-corrected chi connectivity index (χ3v) is 6.50. The van der Waals surface area contributed by atoms with Gasteiger partial charge < -0.3 is 19.2 Å². The first kappa shape index (κ1) is 21.5. The Morgan fingerprint density at radius 3 is 2.70 bits per heavy atom. The zero-order valence-corrected chi connectivity index (χ0v) is 19.1. The number of hydrogen-bond acceptors (Lipinski definition) is 6. The molecule has 0 radical (unpaired) electrons. The summed E-state index contributed by atoms with van der Waals surface area (Å²) in [5.74, 6) is 3.19. The number of benzene rings is 2. The summed E-state index contributed by atoms with van der Waals surface area (Å²) in [7, 11) is 0. The van der Waals surface area contributed by atoms with Crippen LogP contribution in [0.3, 0.4) is 0 Å². The molecule has 33 heavy (non-hydrogen) atoms. The van der Waals surface area contributed by atoms with Crippen LogP contribution in [0, 0.1) is 19.8 Å². The lowest BCUT2D eigenvalue weighted by atomic mass is 9.95. The van der Waals surface area contributed by atoms with Crippen molar-refractivity contribution >= 4 is 5.91 Å². The number of carbonyl (C=O) groups excluding carboxylic acids is 1. The van der Waals surface area contributed by atoms with E-state index in [2.05, 4.69) is 23.2 Å². The van der Waals surface area contributed by atoms with E-state index in [1.165, 1.54) is 0 Å². The van der Waals surface area contributed by atoms with Gasteiger partial charge in [0.1, 0.15) is 5.76 Å². The Balaban J connectivity index is 1.12. The maximum Gasteiger partial charge on any atom is 0.231 e. The number of carbonyl (C=O) groups is 1. The van der Waals surface area contributed by atoms with Crippen molar-refractivity contribution in [1.29, 1.82) is 0 Å². The smallest absolute Gasteiger partial charge is 0.231 e. The topological polar surface area (TPSA) is 76.8 Å². The van der Waals surface area contributed by atoms with Crippen LogP contribution in [0.5, 0.6) is 11.5 Å². The summed E-state index contributed by atoms with van der Waals surface area (Å²) in [6, 6.07) is 13.9. The molecule has 1 fully saturated rings. The van der Waals surface area contributed by atoms with Gasteiger partial charge in [-0.05, 0) is 69.1 Å². The third-order valence-electron chi connectivity index (χ3n) is 6.50. The number of amides is 1. The largest absolute Gasteiger partial charge is 0.454 e. The Bertz CT molecular complexity index is 1150. The maximum absolute atomic E-state index is 12.7. The van der Waals surface area contributed by atoms with Crippen LogP contribution in [0.2, 0.25) is 0 Å². The molecule has 1 N–H and O–H groups in total. The molecule has 1 amide bonds. The van der Waals surface area contributed by atoms with Crippen LogP contribution in [0.25, 0.3) is 11.5 Å². The number of hydrogen-bond donors (Lipinski definition) is 1. The number of likely N-dealkylation sites (tertiary alicyclic amines) is 1. The van der Waals surface area contributed by atoms with Gasteiger partial charge in [-0.15, -0.1) is 0 Å². The molecular weight excluding hydrogens is 418 g/mol. The molecule has 0 spiro atoms. The molecule has 0 aliphatic carbocycles. The van der Waals surface area contributed by atoms with Crippen LogP contribution in [0.1, 0.15) is 35.4 Å². The minimum atomic E-state index is 0.0381. The molecular formula is C26H29N3O4. The second kappa shape index (κ2) is 9.27. The van der Waals surface area contributed by atoms with Crippen molar-refractivity contribution in [3.8, 4) is 23.0 Å². The molecule has 3 heterocycles. The van der Waals surface area contributed by atoms with Gasteiger partial charge in [0.2, 0.25) is 18.6 Å². The number of ether oxygens (including phenoxy) is 2. The van der Waals surface area contributed by atoms with Gasteiger partial charge in [0.05, 0.1) is 5.69 Å². The fourth-order valence-corrected chi connectivity index (χ4v) is 4.45. The van der Waals surface area contributed by atoms with Crippen molar-refractivity contribution in [2.45, 2.75) is 39.8 Å². The van der Waals surface area contributed by atoms with Crippen molar-refractivity contribution in [1.82, 2.24) is 15.2 Å². The standard InChI is InChI=1S/C26H29N3O4/c1-17-5-3-4-6-21(17)26-28-22(18(2)33-26)15-29-11-9-20(10-12-29)25(30)27-14-19-7-8-23-24(13-19)32-16-31-23/h3-8,13,20H,9-12,14-16H2,1-2H3,(H,27,30). The molecule has 0 saturated carbocycles. The quantitative estimate of drug-likeness (QED) is 0.610. The predicted molar refractivity (Wildman–Crippen MR) is 124 cm³/mol. The first-order chi connectivity index (χ1) is 16.1. The molecule has 172 valence electrons. The number of fused-ring (bicyclic) bond motifs is 1. The highest BCUT2D eigenvalue weighted by Crippen LogP contribution is 2.32. The number of oxazole rings is 1. The van der Waals surface area contributed by atoms with E-state index in [-0.39, 0.29) is 18.6 Å². The van der Waals surface area contributed by atoms with E-state index in [0.29, 0.717) is 12.4 Å². The zero-order valence-electron chi connectivity index (χ0n) is 19.1. The normalized spacial score (nSPS) is 16.2. The van der Waals surface area contributed by atoms with Crippen LogP contribution < -0.4 is 14.8 Å². The van der Waals surface area contributed by atoms with Gasteiger partial charge in [-0.1, -0.05) is 24.3 Å². The van der Waals surface area contributed by atoms with Gasteiger partial charge in [-0.25, -0.2) is 4.98 Å². The van der Waals surface area contributed by atoms with Crippen LogP contribution in [-0.4, -0.2) is 35.7 Å². The monoisotopic (exact) mass is 447 g/mol. The van der Waals surface area contributed by atoms with E-state index in [1.54, 1.807) is 0 Å². The fraction of sp³-hybridized carbons (Fsp3) is 0.385. The average molecular weight is 448 g/mol. The van der Waals surface area contributed by atoms with Gasteiger partial charge in [0.25, 0.3) is 0 Å². The molecule has 7 heteroatoms. The van der Waals surface area contributed by atoms with Crippen LogP contribution in [0.4, 0.5) is 0 Å². The van der Waals surface area contributed by atoms with Crippen LogP contribution in [0.15, 0.2) is 46.9 Å². The van der Waals surface area contributed by atoms with Crippen molar-refractivity contribution in [2.24, 2.45) is 5.92 Å². The summed E-state index contributed by atoms with van der Waals surface area (Å²) < 4.78 is 16.7. The minimum absolute atomic E-state index is 0.0381. The number of nitrogens with one attached hydrogen (secondary N) is 1. The van der Waals surface area contributed by atoms with E-state index in [0.717, 1.165) is 72.1 Å². The van der Waals surface area contributed by atoms with Gasteiger partial charge in [-0.2, -0.15) is 0 Å². The van der Waals surface area contributed by atoms with E-state index >= 15 is 0 Å². The Hall–Kier alpha value is -3.32. The summed E-state index contributed by atoms with van der Waals surface area (Å²) in [6.07, 6.45) is 1.68. The Labute approximate surface area is 193 Å². The summed E-state index contributed by atoms with van der Waals surface area (Å²) in [4.78, 5) is 19.8. The third kappa shape index (κ3) is 4.73. The number of piperidine rings is 1. The molecule has 1 saturated heterocycles. The molecule has 0 bridgehead atoms. The van der Waals surface area contributed by atoms with Gasteiger partial charge >= 0.3 is 0 Å². The predicted octanol–water partition coefficient (Wildman–Crippen LogP) is 4.22. The summed E-state index contributed by atoms with van der Waals surface area (Å²) in [6.45, 7) is 7.27. The van der Waals surface area contributed by atoms with E-state index in [4.69, 9.17) is 18.9 Å². The Kier molecular flexibility index (Phi) is 6.05. The summed E-state index contributed by atoms with van der Waals surface area (Å²) in [5, 5.41) is 3.08. The van der Waals surface area contributed by atoms with Crippen LogP contribution >= 0.6 is 0 Å². The fourth-order valence-electron chi connectivity index (χ4n) is 4.45. The maximum atomic E-state index is 12.7. The average Bonchev–Trinajstić information content (AvgIpc) is 3.44. The SMILES string of the molecule is Cc1ccccc1-c1nc(CN2CCC(C(=O)NCc3ccc4c(c3)OCO4)CC2)c(C)o1. The zero-order chi connectivity index (χ0) is 22.8. The highest BCUT2D eigenvalue weighted by atomic mass is 16.7. The molecule has 0 atom stereocenters. The highest BCUT2D eigenvalue weighted by molar-refractivity contribution is 5.78. The first-order valence-corrected chi connectivity index (χ1v) is 11.5. The Morgan fingerprint density at radius 2 is 1.88 bits per heavy atom. The molecule has 7 nitrogen and oxygen atoms in total. The molecule has 2 aliphatic rings. The second-order valence-electron chi connectivity index (χ2n) is 8.79. The van der Waals surface area contributed by atoms with Crippen molar-refractivity contribution in [3.05, 3.63) is 65.0 Å². The number of nitrogens with zero attached hydrogens (tertiary/aromatic N) is 2. The van der Waals surface area contributed by atoms with Gasteiger partial charge in [0, 0.05) is 24.6 Å². The van der Waals surface area contributed by atoms with E-state index in [9.17, 15) is 4.79 Å². The van der Waals surface area contributed by atoms with Gasteiger partial charge in [0.15, 0.2) is 11.5 Å². The molecule has 2 aliphatic heterocycles. The summed E-state index contributed by atoms with van der Waals surface area (Å²) >= 11 is 0. The van der Waals surface area contributed by atoms with Crippen LogP contribution in [-0.2, 0) is 17.9 Å². The lowest BCUT2D eigenvalue weighted by molar-refractivity contribution is -0.126. The number of aromatic nitrogens is 1. The van der Waals surface area contributed by atoms with E-state index < -0.39 is 0 Å². The molecule has 0 unspecified atom stereocenters. The first-order valence-electron chi connectivity index (χ1n) is 11.5. The van der Waals surface area contributed by atoms with Gasteiger partial charge in [-0.3, -0.25) is 9.69 Å². The lowest BCUT2D eigenvalue weighted by Gasteiger charge is -2.30. The highest BCUT2D eigenvalue weighted by Gasteiger charge is 2.26. The number of rotatable bonds is 6. The molecule has 5 rings (SSSR count). The summed E-state index contributed by atoms with van der Waals surface area (Å²) in [5.41, 5.74) is 4.16. The van der Waals surface area contributed by atoms with E-state index in [1.807, 2.05) is 43.3 Å². The second-order valence-corrected chi connectivity index (χ2v) is 8.79. The Morgan fingerprint density at radius 1 is 1.09 bits per heavy atom. The number of aryl methyl sites for hydroxylation is 2. The lowest BCUT2D eigenvalue weighted by Crippen LogP contribution is -2.40. The molecule has 3 aromatic rings. The minimum Gasteiger partial charge on any atom is -0.454 e. The van der Waals surface area contributed by atoms with Crippen molar-refractivity contribution < 1.29 is 18.7 Å². The molecule has 1 aromatic heterocycles. The molecule has 2 aromatic carbocycles.